The smallest absolute Gasteiger partial charge is 0.462 e. The predicted octanol–water partition coefficient (Wildman–Crippen LogP) is 22.3. The first kappa shape index (κ1) is 77.2. The Hall–Kier alpha value is -1.77. The molecule has 0 saturated carbocycles. The number of hydrogen-bond acceptors (Lipinski definition) is 8. The van der Waals surface area contributed by atoms with Gasteiger partial charge < -0.3 is 20.1 Å². The molecule has 3 N–H and O–H groups in total. The van der Waals surface area contributed by atoms with Gasteiger partial charge in [-0.3, -0.25) is 18.6 Å². The van der Waals surface area contributed by atoms with Gasteiger partial charge in [-0.2, -0.15) is 0 Å². The summed E-state index contributed by atoms with van der Waals surface area (Å²) >= 11 is 0. The van der Waals surface area contributed by atoms with Gasteiger partial charge in [-0.25, -0.2) is 4.57 Å². The number of unbranched alkanes of at least 4 members (excludes halogenated alkanes) is 47. The van der Waals surface area contributed by atoms with Crippen LogP contribution in [0.25, 0.3) is 0 Å². The Morgan fingerprint density at radius 2 is 0.658 bits per heavy atom. The van der Waals surface area contributed by atoms with Crippen LogP contribution in [0.3, 0.4) is 0 Å². The number of phosphoric acid groups is 1. The molecule has 0 fully saturated rings. The minimum atomic E-state index is -4.39. The lowest BCUT2D eigenvalue weighted by molar-refractivity contribution is -0.161. The van der Waals surface area contributed by atoms with Crippen LogP contribution in [0.1, 0.15) is 361 Å². The van der Waals surface area contributed by atoms with Crippen molar-refractivity contribution in [3.8, 4) is 0 Å². The third-order valence-corrected chi connectivity index (χ3v) is 16.5. The Morgan fingerprint density at radius 3 is 0.975 bits per heavy atom. The molecule has 0 heterocycles. The third-order valence-electron chi connectivity index (χ3n) is 15.5. The molecule has 0 spiro atoms. The summed E-state index contributed by atoms with van der Waals surface area (Å²) in [7, 11) is -4.39. The van der Waals surface area contributed by atoms with E-state index in [4.69, 9.17) is 24.3 Å². The fraction of sp³-hybridized carbons (Fsp3) is 0.884. The van der Waals surface area contributed by atoms with Crippen LogP contribution in [-0.4, -0.2) is 49.3 Å². The van der Waals surface area contributed by atoms with Crippen LogP contribution in [0, 0.1) is 0 Å². The standard InChI is InChI=1S/C69H132NO8P/c1-3-5-7-9-11-13-15-17-19-21-23-25-26-27-28-29-30-31-32-33-34-35-36-37-38-39-40-42-44-46-48-50-52-54-56-58-60-62-69(72)78-67(66-77-79(73,74)76-64-63-70)65-75-68(71)61-59-57-55-53-51-49-47-45-43-41-24-22-20-18-16-14-12-10-8-6-4-2/h15,17,21-24,67H,3-14,16,18-20,25-66,70H2,1-2H3,(H,73,74)/b17-15-,23-21-,24-22-. The largest absolute Gasteiger partial charge is 0.472 e. The summed E-state index contributed by atoms with van der Waals surface area (Å²) in [5, 5.41) is 0. The lowest BCUT2D eigenvalue weighted by Gasteiger charge is -2.19. The maximum atomic E-state index is 12.8. The summed E-state index contributed by atoms with van der Waals surface area (Å²) in [6, 6.07) is 0. The van der Waals surface area contributed by atoms with Crippen molar-refractivity contribution >= 4 is 19.8 Å². The number of esters is 2. The monoisotopic (exact) mass is 1130 g/mol. The molecule has 0 radical (unpaired) electrons. The molecule has 10 heteroatoms. The quantitative estimate of drug-likeness (QED) is 0.0264. The normalized spacial score (nSPS) is 13.1. The van der Waals surface area contributed by atoms with Crippen molar-refractivity contribution in [3.05, 3.63) is 36.5 Å². The summed E-state index contributed by atoms with van der Waals surface area (Å²) in [4.78, 5) is 35.3. The molecule has 0 rings (SSSR count). The molecular weight excluding hydrogens is 1000 g/mol. The molecule has 0 aliphatic rings. The highest BCUT2D eigenvalue weighted by Gasteiger charge is 2.26. The van der Waals surface area contributed by atoms with Gasteiger partial charge in [0, 0.05) is 19.4 Å². The number of rotatable bonds is 66. The maximum absolute atomic E-state index is 12.8. The van der Waals surface area contributed by atoms with Gasteiger partial charge in [0.25, 0.3) is 0 Å². The van der Waals surface area contributed by atoms with Crippen LogP contribution in [-0.2, 0) is 32.7 Å². The Kier molecular flexibility index (Phi) is 63.9. The molecule has 0 aliphatic heterocycles. The van der Waals surface area contributed by atoms with E-state index in [-0.39, 0.29) is 38.6 Å². The number of hydrogen-bond donors (Lipinski definition) is 2. The zero-order chi connectivity index (χ0) is 57.3. The van der Waals surface area contributed by atoms with E-state index in [1.807, 2.05) is 0 Å². The molecule has 466 valence electrons. The van der Waals surface area contributed by atoms with E-state index in [9.17, 15) is 19.0 Å². The van der Waals surface area contributed by atoms with Crippen LogP contribution in [0.2, 0.25) is 0 Å². The number of nitrogens with two attached hydrogens (primary N) is 1. The highest BCUT2D eigenvalue weighted by atomic mass is 31.2. The van der Waals surface area contributed by atoms with Gasteiger partial charge in [0.05, 0.1) is 13.2 Å². The molecule has 0 amide bonds. The van der Waals surface area contributed by atoms with E-state index in [0.717, 1.165) is 38.5 Å². The maximum Gasteiger partial charge on any atom is 0.472 e. The predicted molar refractivity (Wildman–Crippen MR) is 340 cm³/mol. The number of carbonyl (C=O) groups is 2. The molecule has 0 aliphatic carbocycles. The van der Waals surface area contributed by atoms with Gasteiger partial charge in [0.1, 0.15) is 6.61 Å². The fourth-order valence-corrected chi connectivity index (χ4v) is 11.1. The molecule has 0 aromatic carbocycles. The minimum absolute atomic E-state index is 0.0555. The van der Waals surface area contributed by atoms with Crippen LogP contribution in [0.15, 0.2) is 36.5 Å². The number of carbonyl (C=O) groups excluding carboxylic acids is 2. The Bertz CT molecular complexity index is 1390. The summed E-state index contributed by atoms with van der Waals surface area (Å²) in [6.45, 7) is 3.79. The third kappa shape index (κ3) is 65.3. The fourth-order valence-electron chi connectivity index (χ4n) is 10.4. The molecule has 0 aromatic heterocycles. The van der Waals surface area contributed by atoms with Crippen LogP contribution < -0.4 is 5.73 Å². The molecule has 9 nitrogen and oxygen atoms in total. The topological polar surface area (TPSA) is 134 Å². The van der Waals surface area contributed by atoms with Crippen LogP contribution in [0.5, 0.6) is 0 Å². The number of phosphoric ester groups is 1. The zero-order valence-corrected chi connectivity index (χ0v) is 53.3. The van der Waals surface area contributed by atoms with E-state index < -0.39 is 26.5 Å². The summed E-state index contributed by atoms with van der Waals surface area (Å²) < 4.78 is 33.1. The average molecular weight is 1130 g/mol. The first-order chi connectivity index (χ1) is 38.8. The highest BCUT2D eigenvalue weighted by molar-refractivity contribution is 7.47. The summed E-state index contributed by atoms with van der Waals surface area (Å²) in [5.41, 5.74) is 5.40. The van der Waals surface area contributed by atoms with Crippen LogP contribution >= 0.6 is 7.82 Å². The summed E-state index contributed by atoms with van der Waals surface area (Å²) in [5.74, 6) is -0.810. The second kappa shape index (κ2) is 65.4. The minimum Gasteiger partial charge on any atom is -0.462 e. The van der Waals surface area contributed by atoms with Crippen molar-refractivity contribution in [2.75, 3.05) is 26.4 Å². The van der Waals surface area contributed by atoms with Crippen molar-refractivity contribution in [3.63, 3.8) is 0 Å². The molecule has 0 saturated heterocycles. The van der Waals surface area contributed by atoms with Crippen molar-refractivity contribution in [1.29, 1.82) is 0 Å². The molecule has 79 heavy (non-hydrogen) atoms. The first-order valence-electron chi connectivity index (χ1n) is 34.5. The van der Waals surface area contributed by atoms with Gasteiger partial charge >= 0.3 is 19.8 Å². The van der Waals surface area contributed by atoms with Gasteiger partial charge in [-0.05, 0) is 70.6 Å². The Labute approximate surface area is 490 Å². The van der Waals surface area contributed by atoms with Crippen molar-refractivity contribution < 1.29 is 37.6 Å². The molecule has 0 aromatic rings. The van der Waals surface area contributed by atoms with E-state index in [0.29, 0.717) is 6.42 Å². The second-order valence-electron chi connectivity index (χ2n) is 23.4. The molecule has 0 bridgehead atoms. The van der Waals surface area contributed by atoms with E-state index >= 15 is 0 Å². The highest BCUT2D eigenvalue weighted by Crippen LogP contribution is 2.43. The molecular formula is C69H132NO8P. The van der Waals surface area contributed by atoms with Gasteiger partial charge in [-0.15, -0.1) is 0 Å². The van der Waals surface area contributed by atoms with Crippen molar-refractivity contribution in [2.24, 2.45) is 5.73 Å². The average Bonchev–Trinajstić information content (AvgIpc) is 3.44. The molecule has 2 unspecified atom stereocenters. The van der Waals surface area contributed by atoms with Gasteiger partial charge in [-0.1, -0.05) is 314 Å². The van der Waals surface area contributed by atoms with E-state index in [1.165, 1.54) is 289 Å². The molecule has 2 atom stereocenters. The SMILES string of the molecule is CCCCCCC/C=C\C/C=C\CCCCCCCCCCCCCCCCCCCCCCCCCCCC(=O)OC(COC(=O)CCCCCCCCCCC/C=C\CCCCCCCCCC)COP(=O)(O)OCCN. The van der Waals surface area contributed by atoms with Crippen molar-refractivity contribution in [2.45, 2.75) is 367 Å². The summed E-state index contributed by atoms with van der Waals surface area (Å²) in [6.07, 6.45) is 81.0. The van der Waals surface area contributed by atoms with Crippen LogP contribution in [0.4, 0.5) is 0 Å². The van der Waals surface area contributed by atoms with Gasteiger partial charge in [0.2, 0.25) is 0 Å². The number of allylic oxidation sites excluding steroid dienone is 6. The van der Waals surface area contributed by atoms with E-state index in [1.54, 1.807) is 0 Å². The lowest BCUT2D eigenvalue weighted by Crippen LogP contribution is -2.29. The van der Waals surface area contributed by atoms with Gasteiger partial charge in [0.15, 0.2) is 6.10 Å². The van der Waals surface area contributed by atoms with E-state index in [2.05, 4.69) is 50.3 Å². The first-order valence-corrected chi connectivity index (χ1v) is 36.0. The number of ether oxygens (including phenoxy) is 2. The lowest BCUT2D eigenvalue weighted by atomic mass is 10.0. The van der Waals surface area contributed by atoms with Crippen molar-refractivity contribution in [1.82, 2.24) is 0 Å². The second-order valence-corrected chi connectivity index (χ2v) is 24.8. The zero-order valence-electron chi connectivity index (χ0n) is 52.4. The Morgan fingerprint density at radius 1 is 0.380 bits per heavy atom. The Balaban J connectivity index is 3.79.